The summed E-state index contributed by atoms with van der Waals surface area (Å²) in [5, 5.41) is 6.74. The number of carbonyl (C=O) groups excluding carboxylic acids is 3. The van der Waals surface area contributed by atoms with E-state index in [-0.39, 0.29) is 21.9 Å². The molecule has 0 aliphatic carbocycles. The average Bonchev–Trinajstić information content (AvgIpc) is 3.26. The lowest BCUT2D eigenvalue weighted by Crippen LogP contribution is -2.49. The van der Waals surface area contributed by atoms with Gasteiger partial charge >= 0.3 is 5.97 Å². The Morgan fingerprint density at radius 1 is 1.15 bits per heavy atom. The van der Waals surface area contributed by atoms with E-state index in [1.54, 1.807) is 51.1 Å². The normalized spacial score (nSPS) is 24.4. The lowest BCUT2D eigenvalue weighted by atomic mass is 9.63. The van der Waals surface area contributed by atoms with Crippen molar-refractivity contribution in [3.8, 4) is 0 Å². The molecule has 0 saturated carbocycles. The fourth-order valence-electron chi connectivity index (χ4n) is 5.90. The molecule has 210 valence electrons. The minimum Gasteiger partial charge on any atom is -0.459 e. The molecular formula is C29H34Cl2FN3O4. The number of carbonyl (C=O) groups is 3. The van der Waals surface area contributed by atoms with Crippen molar-refractivity contribution in [3.63, 3.8) is 0 Å². The van der Waals surface area contributed by atoms with Gasteiger partial charge < -0.3 is 15.0 Å². The molecule has 2 amide bonds. The molecule has 7 nitrogen and oxygen atoms in total. The highest BCUT2D eigenvalue weighted by Crippen LogP contribution is 2.57. The standard InChI is InChI=1S/C29H34Cl2FN3O4/c1-27(2,3)13-21-29(18-11-10-16(30)12-20(18)33-26(29)38)23(17-8-7-9-19(31)24(17)32)25(34-21)35(15-36)14-22(37)39-28(4,5)6/h7-12,15,21,23,25,34H,13-14H2,1-6H3,(H,33,38)/t21-,23-,25+,29+/m0/s1. The number of nitrogens with one attached hydrogen (secondary N) is 2. The monoisotopic (exact) mass is 577 g/mol. The second-order valence-electron chi connectivity index (χ2n) is 12.4. The first-order chi connectivity index (χ1) is 18.1. The van der Waals surface area contributed by atoms with Gasteiger partial charge in [0.1, 0.15) is 23.4 Å². The summed E-state index contributed by atoms with van der Waals surface area (Å²) in [5.41, 5.74) is -1.07. The van der Waals surface area contributed by atoms with Crippen LogP contribution in [0.1, 0.15) is 65.0 Å². The van der Waals surface area contributed by atoms with Crippen molar-refractivity contribution in [2.24, 2.45) is 5.41 Å². The fourth-order valence-corrected chi connectivity index (χ4v) is 6.26. The smallest absolute Gasteiger partial charge is 0.326 e. The van der Waals surface area contributed by atoms with Gasteiger partial charge in [-0.3, -0.25) is 19.7 Å². The highest BCUT2D eigenvalue weighted by molar-refractivity contribution is 6.31. The summed E-state index contributed by atoms with van der Waals surface area (Å²) in [5.74, 6) is -2.61. The van der Waals surface area contributed by atoms with Crippen molar-refractivity contribution >= 4 is 47.2 Å². The number of halogens is 3. The van der Waals surface area contributed by atoms with Gasteiger partial charge in [0, 0.05) is 22.7 Å². The molecule has 2 aromatic rings. The van der Waals surface area contributed by atoms with Crippen molar-refractivity contribution in [1.29, 1.82) is 0 Å². The summed E-state index contributed by atoms with van der Waals surface area (Å²) < 4.78 is 21.3. The van der Waals surface area contributed by atoms with Crippen molar-refractivity contribution in [2.45, 2.75) is 77.1 Å². The predicted octanol–water partition coefficient (Wildman–Crippen LogP) is 5.64. The summed E-state index contributed by atoms with van der Waals surface area (Å²) in [7, 11) is 0. The Morgan fingerprint density at radius 3 is 2.46 bits per heavy atom. The highest BCUT2D eigenvalue weighted by Gasteiger charge is 2.66. The van der Waals surface area contributed by atoms with E-state index in [1.807, 2.05) is 20.8 Å². The third-order valence-electron chi connectivity index (χ3n) is 7.14. The number of hydrogen-bond donors (Lipinski definition) is 2. The molecule has 2 aliphatic heterocycles. The van der Waals surface area contributed by atoms with Gasteiger partial charge in [-0.2, -0.15) is 0 Å². The lowest BCUT2D eigenvalue weighted by Gasteiger charge is -2.38. The van der Waals surface area contributed by atoms with Crippen molar-refractivity contribution in [2.75, 3.05) is 11.9 Å². The van der Waals surface area contributed by atoms with Crippen molar-refractivity contribution in [1.82, 2.24) is 10.2 Å². The number of anilines is 1. The molecule has 2 aliphatic rings. The maximum absolute atomic E-state index is 15.8. The molecule has 0 unspecified atom stereocenters. The molecule has 2 aromatic carbocycles. The predicted molar refractivity (Wildman–Crippen MR) is 149 cm³/mol. The number of amides is 2. The molecule has 2 N–H and O–H groups in total. The Morgan fingerprint density at radius 2 is 1.85 bits per heavy atom. The Kier molecular flexibility index (Phi) is 7.80. The van der Waals surface area contributed by atoms with Gasteiger partial charge in [-0.25, -0.2) is 4.39 Å². The summed E-state index contributed by atoms with van der Waals surface area (Å²) in [6.07, 6.45) is 0.0825. The zero-order valence-corrected chi connectivity index (χ0v) is 24.4. The Labute approximate surface area is 238 Å². The van der Waals surface area contributed by atoms with Gasteiger partial charge in [0.15, 0.2) is 0 Å². The van der Waals surface area contributed by atoms with Crippen LogP contribution >= 0.6 is 23.2 Å². The van der Waals surface area contributed by atoms with E-state index in [0.29, 0.717) is 29.1 Å². The molecule has 4 atom stereocenters. The second kappa shape index (κ2) is 10.4. The molecule has 0 bridgehead atoms. The Bertz CT molecular complexity index is 1310. The number of fused-ring (bicyclic) bond motifs is 2. The molecule has 10 heteroatoms. The maximum Gasteiger partial charge on any atom is 0.326 e. The first-order valence-electron chi connectivity index (χ1n) is 12.8. The average molecular weight is 579 g/mol. The number of hydrogen-bond acceptors (Lipinski definition) is 5. The first kappa shape index (κ1) is 29.3. The number of rotatable bonds is 6. The van der Waals surface area contributed by atoms with E-state index in [0.717, 1.165) is 0 Å². The molecule has 0 radical (unpaired) electrons. The first-order valence-corrected chi connectivity index (χ1v) is 13.6. The van der Waals surface area contributed by atoms with E-state index in [2.05, 4.69) is 10.6 Å². The molecule has 1 fully saturated rings. The van der Waals surface area contributed by atoms with Crippen molar-refractivity contribution in [3.05, 3.63) is 63.4 Å². The summed E-state index contributed by atoms with van der Waals surface area (Å²) in [6, 6.07) is 9.18. The minimum atomic E-state index is -1.35. The SMILES string of the molecule is CC(C)(C)C[C@@H]1N[C@H](N(C=O)CC(=O)OC(C)(C)C)[C@H](c2cccc(Cl)c2F)[C@]12C(=O)Nc1cc(Cl)ccc12. The molecular weight excluding hydrogens is 544 g/mol. The molecule has 1 saturated heterocycles. The Hall–Kier alpha value is -2.68. The van der Waals surface area contributed by atoms with Crippen LogP contribution in [0, 0.1) is 11.2 Å². The van der Waals surface area contributed by atoms with Crippen LogP contribution in [-0.2, 0) is 24.5 Å². The van der Waals surface area contributed by atoms with Crippen LogP contribution in [0.3, 0.4) is 0 Å². The minimum absolute atomic E-state index is 0.111. The maximum atomic E-state index is 15.8. The van der Waals surface area contributed by atoms with Crippen LogP contribution in [0.4, 0.5) is 10.1 Å². The zero-order valence-electron chi connectivity index (χ0n) is 22.9. The van der Waals surface area contributed by atoms with Crippen molar-refractivity contribution < 1.29 is 23.5 Å². The molecule has 39 heavy (non-hydrogen) atoms. The van der Waals surface area contributed by atoms with Crippen LogP contribution in [0.15, 0.2) is 36.4 Å². The third-order valence-corrected chi connectivity index (χ3v) is 7.66. The van der Waals surface area contributed by atoms with E-state index < -0.39 is 47.5 Å². The summed E-state index contributed by atoms with van der Waals surface area (Å²) in [6.45, 7) is 10.9. The summed E-state index contributed by atoms with van der Waals surface area (Å²) >= 11 is 12.5. The fraction of sp³-hybridized carbons (Fsp3) is 0.483. The molecule has 2 heterocycles. The largest absolute Gasteiger partial charge is 0.459 e. The Balaban J connectivity index is 1.96. The van der Waals surface area contributed by atoms with E-state index in [9.17, 15) is 14.4 Å². The number of esters is 1. The van der Waals surface area contributed by atoms with E-state index >= 15 is 4.39 Å². The molecule has 4 rings (SSSR count). The third kappa shape index (κ3) is 5.52. The quantitative estimate of drug-likeness (QED) is 0.342. The van der Waals surface area contributed by atoms with Gasteiger partial charge in [0.25, 0.3) is 0 Å². The van der Waals surface area contributed by atoms with E-state index in [1.165, 1.54) is 11.0 Å². The van der Waals surface area contributed by atoms with Gasteiger partial charge in [-0.15, -0.1) is 0 Å². The topological polar surface area (TPSA) is 87.7 Å². The van der Waals surface area contributed by atoms with Crippen LogP contribution in [0.25, 0.3) is 0 Å². The molecule has 0 aromatic heterocycles. The lowest BCUT2D eigenvalue weighted by molar-refractivity contribution is -0.158. The van der Waals surface area contributed by atoms with Gasteiger partial charge in [-0.1, -0.05) is 62.2 Å². The number of ether oxygens (including phenoxy) is 1. The highest BCUT2D eigenvalue weighted by atomic mass is 35.5. The van der Waals surface area contributed by atoms with Gasteiger partial charge in [0.05, 0.1) is 11.2 Å². The summed E-state index contributed by atoms with van der Waals surface area (Å²) in [4.78, 5) is 40.8. The zero-order chi connectivity index (χ0) is 28.9. The van der Waals surface area contributed by atoms with Crippen LogP contribution < -0.4 is 10.6 Å². The van der Waals surface area contributed by atoms with Crippen LogP contribution in [0.5, 0.6) is 0 Å². The van der Waals surface area contributed by atoms with E-state index in [4.69, 9.17) is 27.9 Å². The van der Waals surface area contributed by atoms with Gasteiger partial charge in [-0.05, 0) is 61.9 Å². The number of benzene rings is 2. The van der Waals surface area contributed by atoms with Crippen LogP contribution in [0.2, 0.25) is 10.0 Å². The second-order valence-corrected chi connectivity index (χ2v) is 13.3. The van der Waals surface area contributed by atoms with Crippen LogP contribution in [-0.4, -0.2) is 47.5 Å². The molecule has 1 spiro atoms. The van der Waals surface area contributed by atoms with Gasteiger partial charge in [0.2, 0.25) is 12.3 Å². The number of nitrogens with zero attached hydrogens (tertiary/aromatic N) is 1.